The topological polar surface area (TPSA) is 132 Å². The molecular formula is C30H36N4O7. The monoisotopic (exact) mass is 564 g/mol. The Labute approximate surface area is 238 Å². The van der Waals surface area contributed by atoms with Crippen molar-refractivity contribution in [3.63, 3.8) is 0 Å². The molecule has 11 heteroatoms. The lowest BCUT2D eigenvalue weighted by atomic mass is 9.96. The SMILES string of the molecule is CC1CCCN1C(=O)CNC(=O)OCC(C)(C)COc1cccc(-c2nc3ccc4c(c3[nH]c2=O)OC(C)(C)O4)c1. The molecule has 41 heavy (non-hydrogen) atoms. The molecule has 1 saturated heterocycles. The van der Waals surface area contributed by atoms with E-state index in [1.807, 2.05) is 20.8 Å². The van der Waals surface area contributed by atoms with Gasteiger partial charge >= 0.3 is 6.09 Å². The third kappa shape index (κ3) is 6.39. The number of rotatable bonds is 8. The minimum Gasteiger partial charge on any atom is -0.493 e. The molecule has 1 fully saturated rings. The predicted molar refractivity (Wildman–Crippen MR) is 152 cm³/mol. The van der Waals surface area contributed by atoms with E-state index in [1.54, 1.807) is 55.1 Å². The van der Waals surface area contributed by atoms with Gasteiger partial charge in [-0.2, -0.15) is 0 Å². The van der Waals surface area contributed by atoms with Crippen molar-refractivity contribution < 1.29 is 28.5 Å². The summed E-state index contributed by atoms with van der Waals surface area (Å²) in [4.78, 5) is 46.8. The van der Waals surface area contributed by atoms with Crippen molar-refractivity contribution in [1.29, 1.82) is 0 Å². The van der Waals surface area contributed by atoms with Gasteiger partial charge in [-0.3, -0.25) is 9.59 Å². The number of aromatic nitrogens is 2. The van der Waals surface area contributed by atoms with Crippen LogP contribution in [0, 0.1) is 5.41 Å². The number of benzene rings is 2. The molecule has 3 heterocycles. The summed E-state index contributed by atoms with van der Waals surface area (Å²) in [5, 5.41) is 2.54. The van der Waals surface area contributed by atoms with Crippen LogP contribution in [0.15, 0.2) is 41.2 Å². The summed E-state index contributed by atoms with van der Waals surface area (Å²) >= 11 is 0. The molecule has 218 valence electrons. The molecule has 0 spiro atoms. The summed E-state index contributed by atoms with van der Waals surface area (Å²) in [5.41, 5.74) is 1.01. The van der Waals surface area contributed by atoms with Crippen LogP contribution in [0.3, 0.4) is 0 Å². The second-order valence-corrected chi connectivity index (χ2v) is 11.8. The van der Waals surface area contributed by atoms with Gasteiger partial charge in [-0.15, -0.1) is 0 Å². The highest BCUT2D eigenvalue weighted by atomic mass is 16.7. The van der Waals surface area contributed by atoms with Gasteiger partial charge in [-0.1, -0.05) is 26.0 Å². The lowest BCUT2D eigenvalue weighted by Crippen LogP contribution is -2.42. The molecule has 0 bridgehead atoms. The maximum absolute atomic E-state index is 13.0. The smallest absolute Gasteiger partial charge is 0.407 e. The molecule has 0 saturated carbocycles. The molecule has 1 unspecified atom stereocenters. The van der Waals surface area contributed by atoms with Crippen molar-refractivity contribution in [2.45, 2.75) is 59.3 Å². The van der Waals surface area contributed by atoms with Gasteiger partial charge in [0.2, 0.25) is 11.7 Å². The zero-order valence-electron chi connectivity index (χ0n) is 24.0. The summed E-state index contributed by atoms with van der Waals surface area (Å²) < 4.78 is 23.0. The second-order valence-electron chi connectivity index (χ2n) is 11.8. The number of ether oxygens (including phenoxy) is 4. The highest BCUT2D eigenvalue weighted by Gasteiger charge is 2.34. The largest absolute Gasteiger partial charge is 0.493 e. The van der Waals surface area contributed by atoms with E-state index in [0.29, 0.717) is 33.8 Å². The van der Waals surface area contributed by atoms with Gasteiger partial charge in [0.15, 0.2) is 11.5 Å². The quantitative estimate of drug-likeness (QED) is 0.415. The van der Waals surface area contributed by atoms with Crippen molar-refractivity contribution in [3.05, 3.63) is 46.8 Å². The molecule has 2 amide bonds. The summed E-state index contributed by atoms with van der Waals surface area (Å²) in [6.07, 6.45) is 1.32. The first-order valence-corrected chi connectivity index (χ1v) is 13.8. The molecule has 2 N–H and O–H groups in total. The van der Waals surface area contributed by atoms with Crippen LogP contribution >= 0.6 is 0 Å². The van der Waals surface area contributed by atoms with E-state index in [-0.39, 0.29) is 43.0 Å². The Morgan fingerprint density at radius 1 is 1.20 bits per heavy atom. The molecule has 2 aliphatic rings. The predicted octanol–water partition coefficient (Wildman–Crippen LogP) is 4.24. The molecule has 11 nitrogen and oxygen atoms in total. The maximum atomic E-state index is 13.0. The Hall–Kier alpha value is -4.28. The Morgan fingerprint density at radius 2 is 2.00 bits per heavy atom. The molecule has 2 aliphatic heterocycles. The van der Waals surface area contributed by atoms with E-state index in [9.17, 15) is 14.4 Å². The molecular weight excluding hydrogens is 528 g/mol. The van der Waals surface area contributed by atoms with Crippen LogP contribution in [-0.4, -0.2) is 65.0 Å². The minimum absolute atomic E-state index is 0.0872. The van der Waals surface area contributed by atoms with Crippen molar-refractivity contribution in [2.24, 2.45) is 5.41 Å². The molecule has 1 aromatic heterocycles. The number of nitrogens with one attached hydrogen (secondary N) is 2. The number of alkyl carbamates (subject to hydrolysis) is 1. The number of hydrogen-bond donors (Lipinski definition) is 2. The fourth-order valence-electron chi connectivity index (χ4n) is 4.94. The zero-order chi connectivity index (χ0) is 29.4. The number of hydrogen-bond acceptors (Lipinski definition) is 8. The lowest BCUT2D eigenvalue weighted by Gasteiger charge is -2.25. The highest BCUT2D eigenvalue weighted by Crippen LogP contribution is 2.43. The summed E-state index contributed by atoms with van der Waals surface area (Å²) in [5.74, 6) is 0.624. The molecule has 0 aliphatic carbocycles. The zero-order valence-corrected chi connectivity index (χ0v) is 24.0. The number of likely N-dealkylation sites (tertiary alicyclic amines) is 1. The standard InChI is InChI=1S/C30H36N4O7/c1-18-8-7-13-34(18)23(35)15-31-28(37)39-17-29(2,3)16-38-20-10-6-9-19(14-20)24-27(36)33-25-21(32-24)11-12-22-26(25)41-30(4,5)40-22/h6,9-12,14,18H,7-8,13,15-17H2,1-5H3,(H,31,37)(H,33,36). The number of aromatic amines is 1. The van der Waals surface area contributed by atoms with Gasteiger partial charge in [0, 0.05) is 37.4 Å². The fraction of sp³-hybridized carbons (Fsp3) is 0.467. The van der Waals surface area contributed by atoms with Gasteiger partial charge in [0.1, 0.15) is 30.1 Å². The molecule has 5 rings (SSSR count). The van der Waals surface area contributed by atoms with E-state index in [0.717, 1.165) is 19.4 Å². The molecule has 0 radical (unpaired) electrons. The summed E-state index contributed by atoms with van der Waals surface area (Å²) in [6, 6.07) is 10.9. The van der Waals surface area contributed by atoms with Crippen LogP contribution < -0.4 is 25.1 Å². The lowest BCUT2D eigenvalue weighted by molar-refractivity contribution is -0.130. The third-order valence-corrected chi connectivity index (χ3v) is 7.08. The molecule has 3 aromatic rings. The number of fused-ring (bicyclic) bond motifs is 3. The van der Waals surface area contributed by atoms with Crippen LogP contribution in [-0.2, 0) is 9.53 Å². The van der Waals surface area contributed by atoms with E-state index in [1.165, 1.54) is 0 Å². The van der Waals surface area contributed by atoms with Crippen molar-refractivity contribution >= 4 is 23.0 Å². The average molecular weight is 565 g/mol. The highest BCUT2D eigenvalue weighted by molar-refractivity contribution is 5.86. The first kappa shape index (κ1) is 28.3. The van der Waals surface area contributed by atoms with Gasteiger partial charge in [-0.05, 0) is 44.0 Å². The van der Waals surface area contributed by atoms with E-state index >= 15 is 0 Å². The fourth-order valence-corrected chi connectivity index (χ4v) is 4.94. The van der Waals surface area contributed by atoms with Crippen molar-refractivity contribution in [1.82, 2.24) is 20.2 Å². The van der Waals surface area contributed by atoms with Crippen molar-refractivity contribution in [2.75, 3.05) is 26.3 Å². The summed E-state index contributed by atoms with van der Waals surface area (Å²) in [7, 11) is 0. The van der Waals surface area contributed by atoms with Gasteiger partial charge in [0.25, 0.3) is 5.56 Å². The van der Waals surface area contributed by atoms with Crippen LogP contribution in [0.4, 0.5) is 4.79 Å². The molecule has 1 atom stereocenters. The number of amides is 2. The van der Waals surface area contributed by atoms with Gasteiger partial charge in [0.05, 0.1) is 12.1 Å². The van der Waals surface area contributed by atoms with Crippen LogP contribution in [0.25, 0.3) is 22.3 Å². The minimum atomic E-state index is -0.828. The van der Waals surface area contributed by atoms with E-state index in [4.69, 9.17) is 18.9 Å². The number of carbonyl (C=O) groups excluding carboxylic acids is 2. The Kier molecular flexibility index (Phi) is 7.54. The third-order valence-electron chi connectivity index (χ3n) is 7.08. The maximum Gasteiger partial charge on any atom is 0.407 e. The Bertz CT molecular complexity index is 1530. The number of carbonyl (C=O) groups is 2. The number of H-pyrrole nitrogens is 1. The first-order valence-electron chi connectivity index (χ1n) is 13.8. The van der Waals surface area contributed by atoms with Crippen LogP contribution in [0.1, 0.15) is 47.5 Å². The Balaban J connectivity index is 1.18. The second kappa shape index (κ2) is 10.9. The summed E-state index contributed by atoms with van der Waals surface area (Å²) in [6.45, 7) is 10.4. The van der Waals surface area contributed by atoms with E-state index < -0.39 is 17.3 Å². The van der Waals surface area contributed by atoms with Gasteiger partial charge in [-0.25, -0.2) is 9.78 Å². The number of nitrogens with zero attached hydrogens (tertiary/aromatic N) is 2. The van der Waals surface area contributed by atoms with Crippen LogP contribution in [0.2, 0.25) is 0 Å². The van der Waals surface area contributed by atoms with Crippen molar-refractivity contribution in [3.8, 4) is 28.5 Å². The van der Waals surface area contributed by atoms with Gasteiger partial charge < -0.3 is 34.1 Å². The van der Waals surface area contributed by atoms with Crippen LogP contribution in [0.5, 0.6) is 17.2 Å². The first-order chi connectivity index (χ1) is 19.4. The normalized spacial score (nSPS) is 17.5. The molecule has 2 aromatic carbocycles. The Morgan fingerprint density at radius 3 is 2.76 bits per heavy atom. The average Bonchev–Trinajstić information content (AvgIpc) is 3.50. The van der Waals surface area contributed by atoms with E-state index in [2.05, 4.69) is 15.3 Å².